The van der Waals surface area contributed by atoms with Crippen LogP contribution in [0.15, 0.2) is 15.2 Å². The second-order valence-corrected chi connectivity index (χ2v) is 6.24. The van der Waals surface area contributed by atoms with Gasteiger partial charge in [0.15, 0.2) is 0 Å². The van der Waals surface area contributed by atoms with Crippen molar-refractivity contribution in [3.05, 3.63) is 20.8 Å². The first kappa shape index (κ1) is 13.5. The summed E-state index contributed by atoms with van der Waals surface area (Å²) in [5.74, 6) is 0.719. The Morgan fingerprint density at radius 3 is 3.06 bits per heavy atom. The summed E-state index contributed by atoms with van der Waals surface area (Å²) in [6.07, 6.45) is 3.58. The average Bonchev–Trinajstić information content (AvgIpc) is 2.95. The molecule has 0 amide bonds. The molecule has 1 saturated heterocycles. The zero-order chi connectivity index (χ0) is 12.1. The van der Waals surface area contributed by atoms with Gasteiger partial charge in [-0.3, -0.25) is 0 Å². The second kappa shape index (κ2) is 6.88. The molecule has 2 unspecified atom stereocenters. The Labute approximate surface area is 116 Å². The van der Waals surface area contributed by atoms with Gasteiger partial charge >= 0.3 is 0 Å². The van der Waals surface area contributed by atoms with Crippen molar-refractivity contribution in [1.29, 1.82) is 0 Å². The van der Waals surface area contributed by atoms with Crippen LogP contribution in [0.4, 0.5) is 0 Å². The molecule has 0 radical (unpaired) electrons. The van der Waals surface area contributed by atoms with Crippen molar-refractivity contribution >= 4 is 27.3 Å². The van der Waals surface area contributed by atoms with Gasteiger partial charge in [0, 0.05) is 29.1 Å². The van der Waals surface area contributed by atoms with Crippen molar-refractivity contribution in [2.75, 3.05) is 19.8 Å². The lowest BCUT2D eigenvalue weighted by molar-refractivity contribution is 0.181. The molecule has 2 rings (SSSR count). The van der Waals surface area contributed by atoms with E-state index in [0.717, 1.165) is 25.7 Å². The van der Waals surface area contributed by atoms with Crippen LogP contribution in [-0.2, 0) is 4.74 Å². The highest BCUT2D eigenvalue weighted by Crippen LogP contribution is 2.33. The lowest BCUT2D eigenvalue weighted by Gasteiger charge is -2.21. The predicted molar refractivity (Wildman–Crippen MR) is 76.6 cm³/mol. The standard InChI is InChI=1S/C13H20BrNOS/c1-2-4-15-13(6-10-3-5-16-7-10)11-8-17-9-12(11)14/h8-10,13,15H,2-7H2,1H3. The highest BCUT2D eigenvalue weighted by molar-refractivity contribution is 9.10. The molecule has 2 heterocycles. The van der Waals surface area contributed by atoms with Crippen LogP contribution >= 0.6 is 27.3 Å². The van der Waals surface area contributed by atoms with Crippen LogP contribution in [0.2, 0.25) is 0 Å². The van der Waals surface area contributed by atoms with E-state index in [2.05, 4.69) is 38.9 Å². The largest absolute Gasteiger partial charge is 0.381 e. The Kier molecular flexibility index (Phi) is 5.48. The van der Waals surface area contributed by atoms with Crippen molar-refractivity contribution in [1.82, 2.24) is 5.32 Å². The highest BCUT2D eigenvalue weighted by atomic mass is 79.9. The fraction of sp³-hybridized carbons (Fsp3) is 0.692. The van der Waals surface area contributed by atoms with Crippen LogP contribution in [-0.4, -0.2) is 19.8 Å². The minimum atomic E-state index is 0.474. The van der Waals surface area contributed by atoms with E-state index in [9.17, 15) is 0 Å². The Bertz CT molecular complexity index is 336. The molecule has 1 aliphatic heterocycles. The fourth-order valence-electron chi connectivity index (χ4n) is 2.28. The van der Waals surface area contributed by atoms with Gasteiger partial charge in [0.1, 0.15) is 0 Å². The third-order valence-electron chi connectivity index (χ3n) is 3.25. The maximum absolute atomic E-state index is 5.47. The van der Waals surface area contributed by atoms with Crippen LogP contribution in [0, 0.1) is 5.92 Å². The summed E-state index contributed by atoms with van der Waals surface area (Å²) in [4.78, 5) is 0. The van der Waals surface area contributed by atoms with Gasteiger partial charge in [-0.15, -0.1) is 0 Å². The van der Waals surface area contributed by atoms with E-state index in [4.69, 9.17) is 4.74 Å². The number of thiophene rings is 1. The zero-order valence-corrected chi connectivity index (χ0v) is 12.6. The van der Waals surface area contributed by atoms with E-state index in [1.165, 1.54) is 29.3 Å². The third kappa shape index (κ3) is 3.78. The smallest absolute Gasteiger partial charge is 0.0495 e. The van der Waals surface area contributed by atoms with Crippen molar-refractivity contribution in [3.8, 4) is 0 Å². The topological polar surface area (TPSA) is 21.3 Å². The normalized spacial score (nSPS) is 21.9. The number of ether oxygens (including phenoxy) is 1. The maximum atomic E-state index is 5.47. The van der Waals surface area contributed by atoms with Crippen molar-refractivity contribution < 1.29 is 4.74 Å². The SMILES string of the molecule is CCCNC(CC1CCOC1)c1cscc1Br. The summed E-state index contributed by atoms with van der Waals surface area (Å²) in [7, 11) is 0. The van der Waals surface area contributed by atoms with Gasteiger partial charge in [-0.1, -0.05) is 6.92 Å². The second-order valence-electron chi connectivity index (χ2n) is 4.65. The number of hydrogen-bond acceptors (Lipinski definition) is 3. The molecule has 0 spiro atoms. The van der Waals surface area contributed by atoms with E-state index in [1.807, 2.05) is 0 Å². The molecule has 1 aliphatic rings. The van der Waals surface area contributed by atoms with Crippen molar-refractivity contribution in [2.24, 2.45) is 5.92 Å². The summed E-state index contributed by atoms with van der Waals surface area (Å²) >= 11 is 5.42. The maximum Gasteiger partial charge on any atom is 0.0495 e. The molecule has 1 aromatic rings. The minimum Gasteiger partial charge on any atom is -0.381 e. The first-order valence-electron chi connectivity index (χ1n) is 6.34. The number of rotatable bonds is 6. The summed E-state index contributed by atoms with van der Waals surface area (Å²) in [6, 6.07) is 0.474. The Morgan fingerprint density at radius 1 is 1.59 bits per heavy atom. The van der Waals surface area contributed by atoms with Gasteiger partial charge in [-0.2, -0.15) is 11.3 Å². The van der Waals surface area contributed by atoms with E-state index in [-0.39, 0.29) is 0 Å². The molecule has 96 valence electrons. The summed E-state index contributed by atoms with van der Waals surface area (Å²) in [5.41, 5.74) is 1.41. The number of nitrogens with one attached hydrogen (secondary N) is 1. The Morgan fingerprint density at radius 2 is 2.47 bits per heavy atom. The molecule has 1 N–H and O–H groups in total. The van der Waals surface area contributed by atoms with Crippen molar-refractivity contribution in [3.63, 3.8) is 0 Å². The monoisotopic (exact) mass is 317 g/mol. The molecule has 1 aromatic heterocycles. The van der Waals surface area contributed by atoms with Crippen LogP contribution < -0.4 is 5.32 Å². The summed E-state index contributed by atoms with van der Waals surface area (Å²) < 4.78 is 6.72. The zero-order valence-electron chi connectivity index (χ0n) is 10.2. The summed E-state index contributed by atoms with van der Waals surface area (Å²) in [5, 5.41) is 8.09. The van der Waals surface area contributed by atoms with Gasteiger partial charge in [-0.25, -0.2) is 0 Å². The molecule has 2 nitrogen and oxygen atoms in total. The Hall–Kier alpha value is 0.100. The molecule has 4 heteroatoms. The lowest BCUT2D eigenvalue weighted by Crippen LogP contribution is -2.24. The van der Waals surface area contributed by atoms with E-state index in [0.29, 0.717) is 6.04 Å². The highest BCUT2D eigenvalue weighted by Gasteiger charge is 2.23. The van der Waals surface area contributed by atoms with E-state index >= 15 is 0 Å². The van der Waals surface area contributed by atoms with Gasteiger partial charge in [0.25, 0.3) is 0 Å². The van der Waals surface area contributed by atoms with Crippen LogP contribution in [0.25, 0.3) is 0 Å². The molecule has 0 saturated carbocycles. The van der Waals surface area contributed by atoms with Gasteiger partial charge in [0.2, 0.25) is 0 Å². The van der Waals surface area contributed by atoms with Crippen molar-refractivity contribution in [2.45, 2.75) is 32.2 Å². The van der Waals surface area contributed by atoms with Crippen LogP contribution in [0.3, 0.4) is 0 Å². The predicted octanol–water partition coefficient (Wildman–Crippen LogP) is 3.98. The molecular weight excluding hydrogens is 298 g/mol. The van der Waals surface area contributed by atoms with E-state index in [1.54, 1.807) is 11.3 Å². The number of halogens is 1. The van der Waals surface area contributed by atoms with Crippen LogP contribution in [0.5, 0.6) is 0 Å². The summed E-state index contributed by atoms with van der Waals surface area (Å²) in [6.45, 7) is 5.17. The molecule has 2 atom stereocenters. The minimum absolute atomic E-state index is 0.474. The molecule has 0 bridgehead atoms. The molecule has 0 aliphatic carbocycles. The molecule has 1 fully saturated rings. The quantitative estimate of drug-likeness (QED) is 0.857. The first-order chi connectivity index (χ1) is 8.31. The van der Waals surface area contributed by atoms with Gasteiger partial charge < -0.3 is 10.1 Å². The van der Waals surface area contributed by atoms with Gasteiger partial charge in [-0.05, 0) is 58.6 Å². The van der Waals surface area contributed by atoms with Crippen LogP contribution in [0.1, 0.15) is 37.8 Å². The van der Waals surface area contributed by atoms with Gasteiger partial charge in [0.05, 0.1) is 0 Å². The third-order valence-corrected chi connectivity index (χ3v) is 5.00. The van der Waals surface area contributed by atoms with E-state index < -0.39 is 0 Å². The molecule has 0 aromatic carbocycles. The fourth-order valence-corrected chi connectivity index (χ4v) is 3.91. The molecular formula is C13H20BrNOS. The average molecular weight is 318 g/mol. The lowest BCUT2D eigenvalue weighted by atomic mass is 9.95. The number of hydrogen-bond donors (Lipinski definition) is 1. The first-order valence-corrected chi connectivity index (χ1v) is 8.07. The Balaban J connectivity index is 1.99. The molecule has 17 heavy (non-hydrogen) atoms.